The smallest absolute Gasteiger partial charge is 0.266 e. The number of hydrogen-bond donors (Lipinski definition) is 0. The molecule has 0 fully saturated rings. The predicted octanol–water partition coefficient (Wildman–Crippen LogP) is 1.56. The average Bonchev–Trinajstić information content (AvgIpc) is 2.29. The van der Waals surface area contributed by atoms with E-state index in [1.54, 1.807) is 17.8 Å². The van der Waals surface area contributed by atoms with Gasteiger partial charge in [-0.15, -0.1) is 11.8 Å². The first-order valence-corrected chi connectivity index (χ1v) is 4.65. The molecule has 2 rings (SSSR count). The second-order valence-corrected chi connectivity index (χ2v) is 3.47. The third-order valence-corrected chi connectivity index (χ3v) is 2.69. The van der Waals surface area contributed by atoms with Gasteiger partial charge in [-0.1, -0.05) is 18.2 Å². The summed E-state index contributed by atoms with van der Waals surface area (Å²) >= 11 is 1.55. The minimum atomic E-state index is -0.121. The minimum absolute atomic E-state index is 0.121. The van der Waals surface area contributed by atoms with Gasteiger partial charge in [0.25, 0.3) is 5.56 Å². The van der Waals surface area contributed by atoms with Crippen LogP contribution >= 0.6 is 11.8 Å². The molecule has 2 heterocycles. The van der Waals surface area contributed by atoms with Crippen LogP contribution in [0.15, 0.2) is 34.1 Å². The summed E-state index contributed by atoms with van der Waals surface area (Å²) in [5, 5.41) is 0. The zero-order valence-electron chi connectivity index (χ0n) is 6.36. The van der Waals surface area contributed by atoms with Crippen molar-refractivity contribution < 1.29 is 0 Å². The first-order chi connectivity index (χ1) is 5.88. The van der Waals surface area contributed by atoms with Crippen LogP contribution in [0.25, 0.3) is 6.08 Å². The van der Waals surface area contributed by atoms with Crippen LogP contribution in [0.3, 0.4) is 0 Å². The fourth-order valence-electron chi connectivity index (χ4n) is 1.10. The van der Waals surface area contributed by atoms with Crippen LogP contribution in [0.2, 0.25) is 0 Å². The quantitative estimate of drug-likeness (QED) is 0.602. The Morgan fingerprint density at radius 2 is 2.42 bits per heavy atom. The number of nitrogens with zero attached hydrogens (tertiary/aromatic N) is 1. The third kappa shape index (κ3) is 1.28. The highest BCUT2D eigenvalue weighted by Gasteiger charge is 2.06. The molecule has 0 N–H and O–H groups in total. The third-order valence-electron chi connectivity index (χ3n) is 1.63. The van der Waals surface area contributed by atoms with E-state index in [-0.39, 0.29) is 5.56 Å². The molecular weight excluding hydrogens is 170 g/mol. The van der Waals surface area contributed by atoms with Crippen molar-refractivity contribution in [3.63, 3.8) is 0 Å². The van der Waals surface area contributed by atoms with Gasteiger partial charge in [-0.25, -0.2) is 4.98 Å². The second kappa shape index (κ2) is 3.11. The summed E-state index contributed by atoms with van der Waals surface area (Å²) < 4.78 is 0. The number of fused-ring (bicyclic) bond motifs is 1. The van der Waals surface area contributed by atoms with Crippen LogP contribution in [0.4, 0.5) is 0 Å². The van der Waals surface area contributed by atoms with Gasteiger partial charge in [0.15, 0.2) is 0 Å². The fraction of sp³-hybridized carbons (Fsp3) is 0.111. The van der Waals surface area contributed by atoms with Gasteiger partial charge in [0.2, 0.25) is 0 Å². The van der Waals surface area contributed by atoms with Gasteiger partial charge in [0.05, 0.1) is 4.90 Å². The molecule has 12 heavy (non-hydrogen) atoms. The van der Waals surface area contributed by atoms with Crippen molar-refractivity contribution in [2.45, 2.75) is 4.90 Å². The summed E-state index contributed by atoms with van der Waals surface area (Å²) in [7, 11) is 0. The van der Waals surface area contributed by atoms with Crippen LogP contribution in [0, 0.1) is 0 Å². The van der Waals surface area contributed by atoms with Gasteiger partial charge in [-0.05, 0) is 11.6 Å². The monoisotopic (exact) mass is 177 g/mol. The maximum atomic E-state index is 11.3. The molecule has 0 spiro atoms. The Bertz CT molecular complexity index is 387. The van der Waals surface area contributed by atoms with Gasteiger partial charge in [-0.3, -0.25) is 4.79 Å². The Morgan fingerprint density at radius 3 is 3.33 bits per heavy atom. The summed E-state index contributed by atoms with van der Waals surface area (Å²) in [4.78, 5) is 15.8. The summed E-state index contributed by atoms with van der Waals surface area (Å²) in [6.07, 6.45) is 5.55. The lowest BCUT2D eigenvalue weighted by Crippen LogP contribution is -2.06. The van der Waals surface area contributed by atoms with Gasteiger partial charge in [-0.2, -0.15) is 0 Å². The SMILES string of the molecule is O=c1ncccc2c1SCC=C2. The summed E-state index contributed by atoms with van der Waals surface area (Å²) in [6.45, 7) is 0. The average molecular weight is 177 g/mol. The Morgan fingerprint density at radius 1 is 1.50 bits per heavy atom. The van der Waals surface area contributed by atoms with Gasteiger partial charge in [0, 0.05) is 11.9 Å². The number of thioether (sulfide) groups is 1. The molecule has 0 bridgehead atoms. The maximum absolute atomic E-state index is 11.3. The highest BCUT2D eigenvalue weighted by Crippen LogP contribution is 2.23. The first-order valence-electron chi connectivity index (χ1n) is 3.66. The Balaban J connectivity index is 2.75. The van der Waals surface area contributed by atoms with Crippen molar-refractivity contribution in [3.05, 3.63) is 40.3 Å². The Kier molecular flexibility index (Phi) is 1.96. The van der Waals surface area contributed by atoms with Crippen molar-refractivity contribution in [2.75, 3.05) is 5.75 Å². The Hall–Kier alpha value is -1.09. The Labute approximate surface area is 74.3 Å². The van der Waals surface area contributed by atoms with Crippen LogP contribution in [0.5, 0.6) is 0 Å². The van der Waals surface area contributed by atoms with E-state index < -0.39 is 0 Å². The molecule has 1 aliphatic rings. The molecule has 0 atom stereocenters. The molecule has 1 aliphatic heterocycles. The van der Waals surface area contributed by atoms with Crippen molar-refractivity contribution in [1.82, 2.24) is 4.98 Å². The van der Waals surface area contributed by atoms with E-state index >= 15 is 0 Å². The molecule has 0 radical (unpaired) electrons. The van der Waals surface area contributed by atoms with Crippen LogP contribution in [0.1, 0.15) is 5.56 Å². The van der Waals surface area contributed by atoms with Crippen molar-refractivity contribution in [1.29, 1.82) is 0 Å². The summed E-state index contributed by atoms with van der Waals surface area (Å²) in [6, 6.07) is 3.70. The van der Waals surface area contributed by atoms with Crippen LogP contribution in [-0.2, 0) is 0 Å². The molecular formula is C9H7NOS. The molecule has 0 amide bonds. The molecule has 0 aliphatic carbocycles. The summed E-state index contributed by atoms with van der Waals surface area (Å²) in [5.41, 5.74) is 0.859. The highest BCUT2D eigenvalue weighted by molar-refractivity contribution is 7.99. The standard InChI is InChI=1S/C9H7NOS/c11-9-8-7(3-1-5-10-9)4-2-6-12-8/h1-5H,6H2. The van der Waals surface area contributed by atoms with E-state index in [0.29, 0.717) is 0 Å². The number of aromatic nitrogens is 1. The zero-order valence-corrected chi connectivity index (χ0v) is 7.17. The molecule has 0 saturated heterocycles. The van der Waals surface area contributed by atoms with Crippen molar-refractivity contribution in [3.8, 4) is 0 Å². The van der Waals surface area contributed by atoms with Crippen molar-refractivity contribution >= 4 is 17.8 Å². The summed E-state index contributed by atoms with van der Waals surface area (Å²) in [5.74, 6) is 0.869. The molecule has 1 aromatic heterocycles. The topological polar surface area (TPSA) is 30.0 Å². The van der Waals surface area contributed by atoms with E-state index in [1.165, 1.54) is 6.20 Å². The molecule has 60 valence electrons. The normalized spacial score (nSPS) is 14.0. The number of hydrogen-bond acceptors (Lipinski definition) is 3. The van der Waals surface area contributed by atoms with E-state index in [2.05, 4.69) is 4.98 Å². The predicted molar refractivity (Wildman–Crippen MR) is 50.3 cm³/mol. The second-order valence-electron chi connectivity index (χ2n) is 2.44. The maximum Gasteiger partial charge on any atom is 0.283 e. The van der Waals surface area contributed by atoms with Crippen molar-refractivity contribution in [2.24, 2.45) is 0 Å². The molecule has 0 saturated carbocycles. The van der Waals surface area contributed by atoms with E-state index in [4.69, 9.17) is 0 Å². The van der Waals surface area contributed by atoms with E-state index in [0.717, 1.165) is 16.2 Å². The molecule has 0 unspecified atom stereocenters. The number of rotatable bonds is 0. The van der Waals surface area contributed by atoms with Crippen LogP contribution < -0.4 is 5.56 Å². The lowest BCUT2D eigenvalue weighted by atomic mass is 10.2. The largest absolute Gasteiger partial charge is 0.283 e. The first kappa shape index (κ1) is 7.55. The molecule has 1 aromatic rings. The van der Waals surface area contributed by atoms with Crippen LogP contribution in [-0.4, -0.2) is 10.7 Å². The molecule has 3 heteroatoms. The van der Waals surface area contributed by atoms with Gasteiger partial charge < -0.3 is 0 Å². The zero-order chi connectivity index (χ0) is 8.39. The van der Waals surface area contributed by atoms with E-state index in [1.807, 2.05) is 18.2 Å². The van der Waals surface area contributed by atoms with E-state index in [9.17, 15) is 4.79 Å². The lowest BCUT2D eigenvalue weighted by molar-refractivity contribution is 1.18. The molecule has 2 nitrogen and oxygen atoms in total. The van der Waals surface area contributed by atoms with Gasteiger partial charge in [0.1, 0.15) is 0 Å². The molecule has 0 aromatic carbocycles. The minimum Gasteiger partial charge on any atom is -0.266 e. The lowest BCUT2D eigenvalue weighted by Gasteiger charge is -2.03. The van der Waals surface area contributed by atoms with Gasteiger partial charge >= 0.3 is 0 Å². The fourth-order valence-corrected chi connectivity index (χ4v) is 1.94. The highest BCUT2D eigenvalue weighted by atomic mass is 32.2.